The van der Waals surface area contributed by atoms with Crippen molar-refractivity contribution in [3.05, 3.63) is 69.9 Å². The maximum absolute atomic E-state index is 13.2. The molecule has 0 saturated carbocycles. The van der Waals surface area contributed by atoms with Crippen molar-refractivity contribution in [3.63, 3.8) is 0 Å². The van der Waals surface area contributed by atoms with E-state index in [9.17, 15) is 9.59 Å². The van der Waals surface area contributed by atoms with Crippen LogP contribution in [0.15, 0.2) is 47.7 Å². The first-order valence-electron chi connectivity index (χ1n) is 9.77. The van der Waals surface area contributed by atoms with E-state index in [0.717, 1.165) is 11.1 Å². The lowest BCUT2D eigenvalue weighted by Gasteiger charge is -2.34. The second kappa shape index (κ2) is 8.16. The highest BCUT2D eigenvalue weighted by molar-refractivity contribution is 6.02. The molecule has 1 aromatic carbocycles. The van der Waals surface area contributed by atoms with Gasteiger partial charge in [-0.2, -0.15) is 0 Å². The highest BCUT2D eigenvalue weighted by Crippen LogP contribution is 2.22. The number of ether oxygens (including phenoxy) is 1. The Morgan fingerprint density at radius 3 is 2.63 bits per heavy atom. The maximum Gasteiger partial charge on any atom is 0.255 e. The first kappa shape index (κ1) is 19.9. The topological polar surface area (TPSA) is 90.2 Å². The summed E-state index contributed by atoms with van der Waals surface area (Å²) in [6, 6.07) is 8.95. The van der Waals surface area contributed by atoms with E-state index in [0.29, 0.717) is 42.6 Å². The fourth-order valence-corrected chi connectivity index (χ4v) is 3.74. The van der Waals surface area contributed by atoms with Crippen LogP contribution in [0, 0.1) is 13.8 Å². The lowest BCUT2D eigenvalue weighted by Crippen LogP contribution is -2.48. The lowest BCUT2D eigenvalue weighted by atomic mass is 9.95. The van der Waals surface area contributed by atoms with E-state index in [-0.39, 0.29) is 11.3 Å². The molecule has 1 saturated heterocycles. The Labute approximate surface area is 174 Å². The molecule has 1 unspecified atom stereocenters. The van der Waals surface area contributed by atoms with E-state index < -0.39 is 6.10 Å². The summed E-state index contributed by atoms with van der Waals surface area (Å²) in [5.74, 6) is 0.436. The van der Waals surface area contributed by atoms with E-state index >= 15 is 0 Å². The summed E-state index contributed by atoms with van der Waals surface area (Å²) in [6.07, 6.45) is 2.40. The van der Waals surface area contributed by atoms with Crippen LogP contribution in [0.4, 0.5) is 5.95 Å². The van der Waals surface area contributed by atoms with Crippen LogP contribution in [0.2, 0.25) is 0 Å². The largest absolute Gasteiger partial charge is 0.366 e. The molecule has 1 aliphatic heterocycles. The minimum atomic E-state index is -0.627. The van der Waals surface area contributed by atoms with Gasteiger partial charge in [0, 0.05) is 31.4 Å². The quantitative estimate of drug-likeness (QED) is 0.613. The van der Waals surface area contributed by atoms with Crippen molar-refractivity contribution in [1.82, 2.24) is 19.5 Å². The Morgan fingerprint density at radius 1 is 1.17 bits per heavy atom. The highest BCUT2D eigenvalue weighted by atomic mass is 16.5. The van der Waals surface area contributed by atoms with Crippen LogP contribution in [-0.2, 0) is 11.8 Å². The second-order valence-corrected chi connectivity index (χ2v) is 7.37. The van der Waals surface area contributed by atoms with E-state index in [1.54, 1.807) is 19.3 Å². The number of aromatic nitrogens is 4. The van der Waals surface area contributed by atoms with Crippen molar-refractivity contribution < 1.29 is 9.53 Å². The smallest absolute Gasteiger partial charge is 0.255 e. The van der Waals surface area contributed by atoms with Crippen LogP contribution in [0.1, 0.15) is 21.5 Å². The molecule has 1 atom stereocenters. The number of hydrogen-bond donors (Lipinski definition) is 0. The number of hydrogen-bond acceptors (Lipinski definition) is 7. The monoisotopic (exact) mass is 405 g/mol. The number of benzene rings is 1. The van der Waals surface area contributed by atoms with Crippen LogP contribution < -0.4 is 10.5 Å². The fraction of sp³-hybridized carbons (Fsp3) is 0.318. The van der Waals surface area contributed by atoms with Gasteiger partial charge in [-0.1, -0.05) is 18.2 Å². The summed E-state index contributed by atoms with van der Waals surface area (Å²) in [7, 11) is 1.67. The molecule has 1 fully saturated rings. The fourth-order valence-electron chi connectivity index (χ4n) is 3.74. The molecule has 4 rings (SSSR count). The molecule has 0 amide bonds. The first-order valence-corrected chi connectivity index (χ1v) is 9.77. The second-order valence-electron chi connectivity index (χ2n) is 7.37. The van der Waals surface area contributed by atoms with Crippen molar-refractivity contribution in [3.8, 4) is 11.4 Å². The molecule has 8 nitrogen and oxygen atoms in total. The highest BCUT2D eigenvalue weighted by Gasteiger charge is 2.31. The molecule has 1 aliphatic rings. The zero-order valence-corrected chi connectivity index (χ0v) is 17.2. The number of nitrogens with zero attached hydrogens (tertiary/aromatic N) is 5. The summed E-state index contributed by atoms with van der Waals surface area (Å²) in [5.41, 5.74) is 3.40. The molecule has 0 N–H and O–H groups in total. The third kappa shape index (κ3) is 3.73. The van der Waals surface area contributed by atoms with Crippen molar-refractivity contribution in [2.75, 3.05) is 24.6 Å². The minimum absolute atomic E-state index is 0.0488. The number of ketones is 1. The normalized spacial score (nSPS) is 16.5. The molecule has 0 bridgehead atoms. The first-order chi connectivity index (χ1) is 14.5. The van der Waals surface area contributed by atoms with Gasteiger partial charge in [0.25, 0.3) is 5.56 Å². The molecule has 30 heavy (non-hydrogen) atoms. The van der Waals surface area contributed by atoms with Crippen LogP contribution in [0.5, 0.6) is 0 Å². The van der Waals surface area contributed by atoms with Crippen molar-refractivity contribution in [2.24, 2.45) is 7.05 Å². The third-order valence-electron chi connectivity index (χ3n) is 5.32. The zero-order valence-electron chi connectivity index (χ0n) is 17.2. The van der Waals surface area contributed by atoms with Gasteiger partial charge in [-0.05, 0) is 31.0 Å². The maximum atomic E-state index is 13.2. The van der Waals surface area contributed by atoms with Gasteiger partial charge in [-0.3, -0.25) is 14.2 Å². The number of morpholine rings is 1. The van der Waals surface area contributed by atoms with Gasteiger partial charge in [0.05, 0.1) is 24.5 Å². The molecule has 0 radical (unpaired) electrons. The van der Waals surface area contributed by atoms with Crippen LogP contribution in [-0.4, -0.2) is 51.1 Å². The molecule has 3 heterocycles. The van der Waals surface area contributed by atoms with Crippen molar-refractivity contribution in [1.29, 1.82) is 0 Å². The SMILES string of the molecule is Cc1cccc(C)c1C(=O)C1CN(c2nc(-c3ccncn3)cc(=O)n2C)CCO1. The summed E-state index contributed by atoms with van der Waals surface area (Å²) < 4.78 is 7.30. The summed E-state index contributed by atoms with van der Waals surface area (Å²) in [6.45, 7) is 5.08. The third-order valence-corrected chi connectivity index (χ3v) is 5.32. The minimum Gasteiger partial charge on any atom is -0.366 e. The number of carbonyl (C=O) groups excluding carboxylic acids is 1. The molecule has 3 aromatic rings. The van der Waals surface area contributed by atoms with E-state index in [1.807, 2.05) is 36.9 Å². The van der Waals surface area contributed by atoms with Gasteiger partial charge in [0.2, 0.25) is 5.95 Å². The van der Waals surface area contributed by atoms with Gasteiger partial charge >= 0.3 is 0 Å². The average Bonchev–Trinajstić information content (AvgIpc) is 2.76. The number of anilines is 1. The molecule has 154 valence electrons. The lowest BCUT2D eigenvalue weighted by molar-refractivity contribution is 0.0335. The van der Waals surface area contributed by atoms with Crippen LogP contribution in [0.25, 0.3) is 11.4 Å². The number of Topliss-reactive ketones (excluding diaryl/α,β-unsaturated/α-hetero) is 1. The Morgan fingerprint density at radius 2 is 1.93 bits per heavy atom. The van der Waals surface area contributed by atoms with Gasteiger partial charge in [0.15, 0.2) is 5.78 Å². The number of rotatable bonds is 4. The van der Waals surface area contributed by atoms with E-state index in [4.69, 9.17) is 4.74 Å². The Kier molecular flexibility index (Phi) is 5.41. The molecule has 0 spiro atoms. The Balaban J connectivity index is 1.66. The van der Waals surface area contributed by atoms with Crippen molar-refractivity contribution >= 4 is 11.7 Å². The molecule has 8 heteroatoms. The standard InChI is InChI=1S/C22H23N5O3/c1-14-5-4-6-15(2)20(14)21(29)18-12-27(9-10-30-18)22-25-17(11-19(28)26(22)3)16-7-8-23-13-24-16/h4-8,11,13,18H,9-10,12H2,1-3H3. The van der Waals surface area contributed by atoms with E-state index in [1.165, 1.54) is 17.0 Å². The predicted octanol–water partition coefficient (Wildman–Crippen LogP) is 1.94. The molecular weight excluding hydrogens is 382 g/mol. The Hall–Kier alpha value is -3.39. The number of aryl methyl sites for hydroxylation is 2. The predicted molar refractivity (Wildman–Crippen MR) is 113 cm³/mol. The number of carbonyl (C=O) groups is 1. The van der Waals surface area contributed by atoms with Crippen molar-refractivity contribution in [2.45, 2.75) is 20.0 Å². The summed E-state index contributed by atoms with van der Waals surface area (Å²) >= 11 is 0. The van der Waals surface area contributed by atoms with Crippen LogP contribution >= 0.6 is 0 Å². The van der Waals surface area contributed by atoms with Gasteiger partial charge < -0.3 is 9.64 Å². The van der Waals surface area contributed by atoms with Gasteiger partial charge in [-0.15, -0.1) is 0 Å². The average molecular weight is 405 g/mol. The zero-order chi connectivity index (χ0) is 21.3. The Bertz CT molecular complexity index is 1120. The molecule has 2 aromatic heterocycles. The van der Waals surface area contributed by atoms with E-state index in [2.05, 4.69) is 15.0 Å². The van der Waals surface area contributed by atoms with Gasteiger partial charge in [-0.25, -0.2) is 15.0 Å². The van der Waals surface area contributed by atoms with Crippen LogP contribution in [0.3, 0.4) is 0 Å². The summed E-state index contributed by atoms with van der Waals surface area (Å²) in [5, 5.41) is 0. The van der Waals surface area contributed by atoms with Gasteiger partial charge in [0.1, 0.15) is 12.4 Å². The molecule has 0 aliphatic carbocycles. The molecular formula is C22H23N5O3. The summed E-state index contributed by atoms with van der Waals surface area (Å²) in [4.78, 5) is 40.4.